The van der Waals surface area contributed by atoms with Crippen LogP contribution in [0.1, 0.15) is 25.0 Å². The van der Waals surface area contributed by atoms with E-state index in [4.69, 9.17) is 13.6 Å². The summed E-state index contributed by atoms with van der Waals surface area (Å²) in [5.74, 6) is 0. The van der Waals surface area contributed by atoms with Crippen LogP contribution in [0.15, 0.2) is 78.9 Å². The van der Waals surface area contributed by atoms with Gasteiger partial charge in [-0.05, 0) is 30.5 Å². The third kappa shape index (κ3) is 6.40. The second kappa shape index (κ2) is 10.9. The van der Waals surface area contributed by atoms with E-state index in [-0.39, 0.29) is 19.8 Å². The molecule has 4 nitrogen and oxygen atoms in total. The van der Waals surface area contributed by atoms with E-state index in [2.05, 4.69) is 24.3 Å². The van der Waals surface area contributed by atoms with Gasteiger partial charge in [0.15, 0.2) is 0 Å². The van der Waals surface area contributed by atoms with Gasteiger partial charge in [-0.1, -0.05) is 78.9 Å². The Morgan fingerprint density at radius 3 is 1.81 bits per heavy atom. The van der Waals surface area contributed by atoms with Crippen LogP contribution in [0, 0.1) is 0 Å². The van der Waals surface area contributed by atoms with Crippen molar-refractivity contribution >= 4 is 13.4 Å². The van der Waals surface area contributed by atoms with E-state index < -0.39 is 7.82 Å². The van der Waals surface area contributed by atoms with Crippen molar-refractivity contribution in [1.82, 2.24) is 0 Å². The van der Waals surface area contributed by atoms with Gasteiger partial charge in [-0.3, -0.25) is 13.6 Å². The Bertz CT molecular complexity index is 703. The van der Waals surface area contributed by atoms with Crippen LogP contribution in [-0.2, 0) is 18.1 Å². The molecule has 0 aliphatic heterocycles. The highest BCUT2D eigenvalue weighted by Crippen LogP contribution is 2.49. The minimum atomic E-state index is -3.47. The molecule has 26 heavy (non-hydrogen) atoms. The molecule has 2 rings (SSSR count). The maximum absolute atomic E-state index is 12.2. The molecule has 2 aromatic rings. The van der Waals surface area contributed by atoms with Crippen LogP contribution in [0.4, 0.5) is 0 Å². The normalized spacial score (nSPS) is 11.6. The van der Waals surface area contributed by atoms with Crippen LogP contribution in [0.5, 0.6) is 0 Å². The summed E-state index contributed by atoms with van der Waals surface area (Å²) in [6.07, 6.45) is 5.69. The number of hydrogen-bond acceptors (Lipinski definition) is 4. The van der Waals surface area contributed by atoms with Gasteiger partial charge in [0.05, 0.1) is 19.8 Å². The summed E-state index contributed by atoms with van der Waals surface area (Å²) in [6, 6.07) is 20.3. The smallest absolute Gasteiger partial charge is 0.287 e. The van der Waals surface area contributed by atoms with Gasteiger partial charge in [0.2, 0.25) is 0 Å². The fraction of sp³-hybridized carbons (Fsp3) is 0.238. The average molecular weight is 372 g/mol. The lowest BCUT2D eigenvalue weighted by atomic mass is 9.97. The molecule has 0 spiro atoms. The fourth-order valence-corrected chi connectivity index (χ4v) is 3.50. The van der Waals surface area contributed by atoms with Crippen molar-refractivity contribution in [2.75, 3.05) is 19.8 Å². The number of phosphoric acid groups is 1. The molecule has 0 aliphatic carbocycles. The highest BCUT2D eigenvalue weighted by atomic mass is 31.2. The van der Waals surface area contributed by atoms with E-state index in [1.807, 2.05) is 48.6 Å². The van der Waals surface area contributed by atoms with Gasteiger partial charge in [0.25, 0.3) is 0 Å². The van der Waals surface area contributed by atoms with Gasteiger partial charge in [0.1, 0.15) is 0 Å². The maximum Gasteiger partial charge on any atom is 0.475 e. The second-order valence-corrected chi connectivity index (χ2v) is 6.99. The molecule has 0 amide bonds. The topological polar surface area (TPSA) is 44.8 Å². The lowest BCUT2D eigenvalue weighted by Gasteiger charge is -2.15. The van der Waals surface area contributed by atoms with Gasteiger partial charge in [0, 0.05) is 0 Å². The van der Waals surface area contributed by atoms with Crippen molar-refractivity contribution in [2.45, 2.75) is 13.8 Å². The lowest BCUT2D eigenvalue weighted by molar-refractivity contribution is 0.131. The van der Waals surface area contributed by atoms with Crippen molar-refractivity contribution in [3.05, 3.63) is 90.0 Å². The first-order valence-corrected chi connectivity index (χ1v) is 10.2. The predicted molar refractivity (Wildman–Crippen MR) is 106 cm³/mol. The predicted octanol–water partition coefficient (Wildman–Crippen LogP) is 5.87. The van der Waals surface area contributed by atoms with Gasteiger partial charge in [-0.2, -0.15) is 0 Å². The SMILES string of the molecule is CCOP(=O)(OCC)OC/C=C/C=C(c1ccccc1)c1ccccc1. The zero-order valence-corrected chi connectivity index (χ0v) is 16.1. The highest BCUT2D eigenvalue weighted by Gasteiger charge is 2.24. The molecule has 0 bridgehead atoms. The Hall–Kier alpha value is -1.97. The molecule has 0 heterocycles. The van der Waals surface area contributed by atoms with Crippen LogP contribution >= 0.6 is 7.82 Å². The zero-order valence-electron chi connectivity index (χ0n) is 15.2. The van der Waals surface area contributed by atoms with Crippen LogP contribution in [-0.4, -0.2) is 19.8 Å². The molecule has 138 valence electrons. The third-order valence-corrected chi connectivity index (χ3v) is 5.09. The molecule has 2 aromatic carbocycles. The summed E-state index contributed by atoms with van der Waals surface area (Å²) in [6.45, 7) is 4.18. The Balaban J connectivity index is 2.11. The molecule has 0 unspecified atom stereocenters. The van der Waals surface area contributed by atoms with Gasteiger partial charge in [-0.15, -0.1) is 0 Å². The second-order valence-electron chi connectivity index (χ2n) is 5.32. The van der Waals surface area contributed by atoms with Crippen molar-refractivity contribution in [2.24, 2.45) is 0 Å². The summed E-state index contributed by atoms with van der Waals surface area (Å²) in [5.41, 5.74) is 3.34. The Labute approximate surface area is 155 Å². The molecule has 0 saturated carbocycles. The quantitative estimate of drug-likeness (QED) is 0.386. The fourth-order valence-electron chi connectivity index (χ4n) is 2.38. The van der Waals surface area contributed by atoms with Gasteiger partial charge in [-0.25, -0.2) is 4.57 Å². The Kier molecular flexibility index (Phi) is 8.52. The largest absolute Gasteiger partial charge is 0.475 e. The summed E-state index contributed by atoms with van der Waals surface area (Å²) < 4.78 is 27.7. The summed E-state index contributed by atoms with van der Waals surface area (Å²) in [5, 5.41) is 0. The molecular formula is C21H25O4P. The molecule has 0 fully saturated rings. The summed E-state index contributed by atoms with van der Waals surface area (Å²) in [7, 11) is -3.47. The van der Waals surface area contributed by atoms with E-state index in [9.17, 15) is 4.57 Å². The van der Waals surface area contributed by atoms with E-state index in [1.165, 1.54) is 0 Å². The molecular weight excluding hydrogens is 347 g/mol. The van der Waals surface area contributed by atoms with Crippen LogP contribution < -0.4 is 0 Å². The molecule has 0 atom stereocenters. The Morgan fingerprint density at radius 2 is 1.35 bits per heavy atom. The van der Waals surface area contributed by atoms with E-state index >= 15 is 0 Å². The highest BCUT2D eigenvalue weighted by molar-refractivity contribution is 7.48. The van der Waals surface area contributed by atoms with E-state index in [1.54, 1.807) is 19.9 Å². The molecule has 0 saturated heterocycles. The van der Waals surface area contributed by atoms with Crippen LogP contribution in [0.2, 0.25) is 0 Å². The lowest BCUT2D eigenvalue weighted by Crippen LogP contribution is -2.00. The number of hydrogen-bond donors (Lipinski definition) is 0. The number of allylic oxidation sites excluding steroid dienone is 2. The number of rotatable bonds is 10. The third-order valence-electron chi connectivity index (χ3n) is 3.47. The van der Waals surface area contributed by atoms with E-state index in [0.717, 1.165) is 16.7 Å². The molecule has 0 N–H and O–H groups in total. The van der Waals surface area contributed by atoms with Gasteiger partial charge >= 0.3 is 7.82 Å². The first kappa shape index (κ1) is 20.3. The van der Waals surface area contributed by atoms with Crippen molar-refractivity contribution in [3.63, 3.8) is 0 Å². The van der Waals surface area contributed by atoms with Crippen LogP contribution in [0.25, 0.3) is 5.57 Å². The molecule has 5 heteroatoms. The summed E-state index contributed by atoms with van der Waals surface area (Å²) >= 11 is 0. The van der Waals surface area contributed by atoms with Gasteiger partial charge < -0.3 is 0 Å². The minimum absolute atomic E-state index is 0.143. The average Bonchev–Trinajstić information content (AvgIpc) is 2.66. The molecule has 0 radical (unpaired) electrons. The standard InChI is InChI=1S/C21H25O4P/c1-3-23-26(22,24-4-2)25-18-12-11-17-21(19-13-7-5-8-14-19)20-15-9-6-10-16-20/h5-17H,3-4,18H2,1-2H3/b12-11+. The molecule has 0 aliphatic rings. The summed E-state index contributed by atoms with van der Waals surface area (Å²) in [4.78, 5) is 0. The minimum Gasteiger partial charge on any atom is -0.287 e. The maximum atomic E-state index is 12.2. The number of benzene rings is 2. The van der Waals surface area contributed by atoms with Crippen LogP contribution in [0.3, 0.4) is 0 Å². The monoisotopic (exact) mass is 372 g/mol. The zero-order chi connectivity index (χ0) is 18.7. The molecule has 0 aromatic heterocycles. The first-order chi connectivity index (χ1) is 12.7. The van der Waals surface area contributed by atoms with Crippen molar-refractivity contribution in [1.29, 1.82) is 0 Å². The van der Waals surface area contributed by atoms with Crippen molar-refractivity contribution < 1.29 is 18.1 Å². The Morgan fingerprint density at radius 1 is 0.846 bits per heavy atom. The number of phosphoric ester groups is 1. The van der Waals surface area contributed by atoms with E-state index in [0.29, 0.717) is 0 Å². The first-order valence-electron chi connectivity index (χ1n) is 8.70. The van der Waals surface area contributed by atoms with Crippen molar-refractivity contribution in [3.8, 4) is 0 Å².